The molecule has 0 fully saturated rings. The topological polar surface area (TPSA) is 46.6 Å². The summed E-state index contributed by atoms with van der Waals surface area (Å²) < 4.78 is 32.2. The van der Waals surface area contributed by atoms with Gasteiger partial charge in [-0.2, -0.15) is 4.31 Å². The highest BCUT2D eigenvalue weighted by Gasteiger charge is 2.21. The average molecular weight is 370 g/mol. The van der Waals surface area contributed by atoms with E-state index in [1.165, 1.54) is 4.31 Å². The molecule has 0 atom stereocenters. The lowest BCUT2D eigenvalue weighted by Crippen LogP contribution is -2.26. The minimum atomic E-state index is -3.52. The van der Waals surface area contributed by atoms with Crippen LogP contribution in [0.3, 0.4) is 0 Å². The second-order valence-corrected chi connectivity index (χ2v) is 7.53. The Morgan fingerprint density at radius 2 is 1.86 bits per heavy atom. The van der Waals surface area contributed by atoms with Crippen LogP contribution in [-0.2, 0) is 16.6 Å². The minimum Gasteiger partial charge on any atom is -0.497 e. The molecule has 21 heavy (non-hydrogen) atoms. The van der Waals surface area contributed by atoms with Crippen LogP contribution in [0.4, 0.5) is 0 Å². The van der Waals surface area contributed by atoms with Gasteiger partial charge in [-0.05, 0) is 35.9 Å². The maximum absolute atomic E-state index is 12.5. The van der Waals surface area contributed by atoms with E-state index < -0.39 is 10.0 Å². The maximum Gasteiger partial charge on any atom is 0.243 e. The van der Waals surface area contributed by atoms with Gasteiger partial charge < -0.3 is 4.74 Å². The van der Waals surface area contributed by atoms with Gasteiger partial charge in [0, 0.05) is 18.1 Å². The lowest BCUT2D eigenvalue weighted by atomic mass is 10.2. The molecule has 2 rings (SSSR count). The lowest BCUT2D eigenvalue weighted by Gasteiger charge is -2.17. The molecule has 0 aliphatic rings. The normalized spacial score (nSPS) is 11.6. The van der Waals surface area contributed by atoms with Crippen molar-refractivity contribution < 1.29 is 13.2 Å². The third-order valence-electron chi connectivity index (χ3n) is 3.04. The van der Waals surface area contributed by atoms with Crippen molar-refractivity contribution in [3.8, 4) is 5.75 Å². The van der Waals surface area contributed by atoms with Crippen LogP contribution in [-0.4, -0.2) is 26.9 Å². The first-order chi connectivity index (χ1) is 9.93. The summed E-state index contributed by atoms with van der Waals surface area (Å²) in [5.74, 6) is 0.709. The summed E-state index contributed by atoms with van der Waals surface area (Å²) in [5, 5.41) is 0. The number of ether oxygens (including phenoxy) is 1. The van der Waals surface area contributed by atoms with Crippen molar-refractivity contribution in [2.45, 2.75) is 11.4 Å². The summed E-state index contributed by atoms with van der Waals surface area (Å²) in [5.41, 5.74) is 0.871. The van der Waals surface area contributed by atoms with E-state index >= 15 is 0 Å². The van der Waals surface area contributed by atoms with Crippen molar-refractivity contribution >= 4 is 26.0 Å². The zero-order chi connectivity index (χ0) is 15.5. The van der Waals surface area contributed by atoms with Gasteiger partial charge in [-0.3, -0.25) is 0 Å². The van der Waals surface area contributed by atoms with E-state index in [4.69, 9.17) is 4.74 Å². The third-order valence-corrected chi connectivity index (χ3v) is 5.34. The van der Waals surface area contributed by atoms with Crippen LogP contribution in [0.15, 0.2) is 57.9 Å². The Labute approximate surface area is 133 Å². The Morgan fingerprint density at radius 3 is 2.52 bits per heavy atom. The molecule has 6 heteroatoms. The van der Waals surface area contributed by atoms with Crippen LogP contribution in [0.5, 0.6) is 5.75 Å². The summed E-state index contributed by atoms with van der Waals surface area (Å²) >= 11 is 3.29. The number of nitrogens with zero attached hydrogens (tertiary/aromatic N) is 1. The molecule has 0 saturated carbocycles. The van der Waals surface area contributed by atoms with Crippen LogP contribution in [0, 0.1) is 0 Å². The summed E-state index contributed by atoms with van der Waals surface area (Å²) in [6.07, 6.45) is 0. The van der Waals surface area contributed by atoms with Crippen molar-refractivity contribution in [1.82, 2.24) is 4.31 Å². The van der Waals surface area contributed by atoms with E-state index in [1.807, 2.05) is 24.3 Å². The van der Waals surface area contributed by atoms with Crippen molar-refractivity contribution in [3.05, 3.63) is 58.6 Å². The number of hydrogen-bond donors (Lipinski definition) is 0. The molecule has 0 aromatic heterocycles. The molecule has 0 N–H and O–H groups in total. The molecule has 4 nitrogen and oxygen atoms in total. The van der Waals surface area contributed by atoms with E-state index in [0.717, 1.165) is 10.0 Å². The highest BCUT2D eigenvalue weighted by atomic mass is 79.9. The summed E-state index contributed by atoms with van der Waals surface area (Å²) in [6.45, 7) is 0.284. The Balaban J connectivity index is 2.24. The van der Waals surface area contributed by atoms with Crippen molar-refractivity contribution in [2.75, 3.05) is 14.2 Å². The molecule has 2 aromatic carbocycles. The van der Waals surface area contributed by atoms with Crippen LogP contribution in [0.25, 0.3) is 0 Å². The average Bonchev–Trinajstić information content (AvgIpc) is 2.47. The van der Waals surface area contributed by atoms with Gasteiger partial charge in [-0.15, -0.1) is 0 Å². The van der Waals surface area contributed by atoms with Gasteiger partial charge in [0.25, 0.3) is 0 Å². The Kier molecular flexibility index (Phi) is 5.03. The van der Waals surface area contributed by atoms with E-state index in [-0.39, 0.29) is 11.4 Å². The molecule has 2 aromatic rings. The van der Waals surface area contributed by atoms with Gasteiger partial charge in [0.15, 0.2) is 0 Å². The number of rotatable bonds is 5. The minimum absolute atomic E-state index is 0.266. The summed E-state index contributed by atoms with van der Waals surface area (Å²) in [6, 6.07) is 14.0. The largest absolute Gasteiger partial charge is 0.497 e. The molecule has 0 aliphatic heterocycles. The Hall–Kier alpha value is -1.37. The number of methoxy groups -OCH3 is 1. The van der Waals surface area contributed by atoms with Gasteiger partial charge >= 0.3 is 0 Å². The monoisotopic (exact) mass is 369 g/mol. The molecule has 0 spiro atoms. The molecule has 0 aliphatic carbocycles. The van der Waals surface area contributed by atoms with E-state index in [0.29, 0.717) is 5.75 Å². The second-order valence-electron chi connectivity index (χ2n) is 4.57. The molecular formula is C15H16BrNO3S. The van der Waals surface area contributed by atoms with Gasteiger partial charge in [0.2, 0.25) is 10.0 Å². The van der Waals surface area contributed by atoms with Gasteiger partial charge in [0.1, 0.15) is 5.75 Å². The predicted octanol–water partition coefficient (Wildman–Crippen LogP) is 3.28. The molecule has 112 valence electrons. The second kappa shape index (κ2) is 6.60. The fourth-order valence-electron chi connectivity index (χ4n) is 1.92. The van der Waals surface area contributed by atoms with Gasteiger partial charge in [0.05, 0.1) is 12.0 Å². The lowest BCUT2D eigenvalue weighted by molar-refractivity contribution is 0.412. The number of benzene rings is 2. The fraction of sp³-hybridized carbons (Fsp3) is 0.200. The molecule has 0 saturated heterocycles. The molecular weight excluding hydrogens is 354 g/mol. The molecule has 0 bridgehead atoms. The van der Waals surface area contributed by atoms with Gasteiger partial charge in [-0.1, -0.05) is 34.1 Å². The molecule has 0 heterocycles. The number of halogens is 1. The van der Waals surface area contributed by atoms with Crippen molar-refractivity contribution in [2.24, 2.45) is 0 Å². The highest BCUT2D eigenvalue weighted by Crippen LogP contribution is 2.21. The van der Waals surface area contributed by atoms with Crippen molar-refractivity contribution in [1.29, 1.82) is 0 Å². The van der Waals surface area contributed by atoms with Crippen LogP contribution >= 0.6 is 15.9 Å². The summed E-state index contributed by atoms with van der Waals surface area (Å²) in [7, 11) is -0.367. The van der Waals surface area contributed by atoms with Crippen LogP contribution in [0.1, 0.15) is 5.56 Å². The fourth-order valence-corrected chi connectivity index (χ4v) is 3.68. The molecule has 0 radical (unpaired) electrons. The zero-order valence-corrected chi connectivity index (χ0v) is 14.2. The van der Waals surface area contributed by atoms with E-state index in [2.05, 4.69) is 15.9 Å². The van der Waals surface area contributed by atoms with Crippen LogP contribution in [0.2, 0.25) is 0 Å². The highest BCUT2D eigenvalue weighted by molar-refractivity contribution is 9.10. The molecule has 0 unspecified atom stereocenters. The van der Waals surface area contributed by atoms with Crippen molar-refractivity contribution in [3.63, 3.8) is 0 Å². The predicted molar refractivity (Wildman–Crippen MR) is 85.8 cm³/mol. The van der Waals surface area contributed by atoms with Gasteiger partial charge in [-0.25, -0.2) is 8.42 Å². The van der Waals surface area contributed by atoms with Crippen LogP contribution < -0.4 is 4.74 Å². The summed E-state index contributed by atoms with van der Waals surface area (Å²) in [4.78, 5) is 0.266. The smallest absolute Gasteiger partial charge is 0.243 e. The number of hydrogen-bond acceptors (Lipinski definition) is 3. The third kappa shape index (κ3) is 3.84. The SMILES string of the molecule is COc1cccc(CN(C)S(=O)(=O)c2cccc(Br)c2)c1. The first-order valence-electron chi connectivity index (χ1n) is 6.28. The Bertz CT molecular complexity index is 731. The number of sulfonamides is 1. The Morgan fingerprint density at radius 1 is 1.14 bits per heavy atom. The zero-order valence-electron chi connectivity index (χ0n) is 11.8. The van der Waals surface area contributed by atoms with E-state index in [1.54, 1.807) is 38.4 Å². The quantitative estimate of drug-likeness (QED) is 0.812. The standard InChI is InChI=1S/C15H16BrNO3S/c1-17(11-12-5-3-7-14(9-12)20-2)21(18,19)15-8-4-6-13(16)10-15/h3-10H,11H2,1-2H3. The first-order valence-corrected chi connectivity index (χ1v) is 8.51. The maximum atomic E-state index is 12.5. The van der Waals surface area contributed by atoms with E-state index in [9.17, 15) is 8.42 Å². The first kappa shape index (κ1) is 16.0. The molecule has 0 amide bonds.